The van der Waals surface area contributed by atoms with E-state index >= 15 is 0 Å². The first kappa shape index (κ1) is 17.7. The van der Waals surface area contributed by atoms with Crippen LogP contribution in [0.5, 0.6) is 0 Å². The molecule has 0 bridgehead atoms. The molecule has 0 saturated carbocycles. The van der Waals surface area contributed by atoms with Crippen LogP contribution in [0.2, 0.25) is 0 Å². The molecule has 1 aliphatic heterocycles. The fraction of sp³-hybridized carbons (Fsp3) is 0.588. The number of benzene rings is 1. The Bertz CT molecular complexity index is 482. The molecule has 1 aliphatic rings. The summed E-state index contributed by atoms with van der Waals surface area (Å²) in [5.41, 5.74) is 1.95. The van der Waals surface area contributed by atoms with Crippen molar-refractivity contribution in [2.24, 2.45) is 0 Å². The zero-order valence-corrected chi connectivity index (χ0v) is 14.2. The molecule has 2 rings (SSSR count). The summed E-state index contributed by atoms with van der Waals surface area (Å²) in [6, 6.07) is 7.85. The summed E-state index contributed by atoms with van der Waals surface area (Å²) < 4.78 is 0. The van der Waals surface area contributed by atoms with E-state index in [0.29, 0.717) is 6.54 Å². The monoisotopic (exact) mass is 320 g/mol. The quantitative estimate of drug-likeness (QED) is 0.774. The molecule has 0 radical (unpaired) electrons. The molecule has 0 atom stereocenters. The van der Waals surface area contributed by atoms with Crippen LogP contribution in [0.25, 0.3) is 0 Å². The van der Waals surface area contributed by atoms with Gasteiger partial charge in [-0.05, 0) is 30.7 Å². The molecule has 1 aromatic rings. The lowest BCUT2D eigenvalue weighted by Crippen LogP contribution is -2.48. The van der Waals surface area contributed by atoms with Crippen LogP contribution in [0.4, 0.5) is 11.4 Å². The second-order valence-corrected chi connectivity index (χ2v) is 6.18. The van der Waals surface area contributed by atoms with Crippen molar-refractivity contribution in [3.05, 3.63) is 24.3 Å². The molecule has 1 heterocycles. The summed E-state index contributed by atoms with van der Waals surface area (Å²) in [4.78, 5) is 18.7. The molecule has 1 fully saturated rings. The maximum absolute atomic E-state index is 12.1. The molecule has 1 aromatic carbocycles. The van der Waals surface area contributed by atoms with Gasteiger partial charge in [0.15, 0.2) is 0 Å². The van der Waals surface area contributed by atoms with Crippen molar-refractivity contribution in [1.29, 1.82) is 0 Å². The van der Waals surface area contributed by atoms with Crippen molar-refractivity contribution < 1.29 is 9.90 Å². The number of carbonyl (C=O) groups is 1. The highest BCUT2D eigenvalue weighted by molar-refractivity contribution is 5.92. The van der Waals surface area contributed by atoms with Crippen LogP contribution >= 0.6 is 0 Å². The normalized spacial score (nSPS) is 16.3. The minimum atomic E-state index is 0.0337. The number of aliphatic hydroxyl groups excluding tert-OH is 1. The van der Waals surface area contributed by atoms with Crippen LogP contribution in [-0.2, 0) is 4.79 Å². The third-order valence-electron chi connectivity index (χ3n) is 4.13. The number of hydrogen-bond donors (Lipinski definition) is 2. The van der Waals surface area contributed by atoms with E-state index in [4.69, 9.17) is 5.11 Å². The van der Waals surface area contributed by atoms with E-state index in [1.165, 1.54) is 0 Å². The smallest absolute Gasteiger partial charge is 0.238 e. The Kier molecular flexibility index (Phi) is 6.83. The topological polar surface area (TPSA) is 59.1 Å². The highest BCUT2D eigenvalue weighted by Gasteiger charge is 2.18. The van der Waals surface area contributed by atoms with Crippen molar-refractivity contribution in [3.8, 4) is 0 Å². The molecule has 23 heavy (non-hydrogen) atoms. The molecule has 0 aromatic heterocycles. The minimum Gasteiger partial charge on any atom is -0.396 e. The standard InChI is InChI=1S/C17H28N4O2/c1-19(2)16-6-4-15(5-7-16)18-17(23)14-21-11-9-20(10-12-21)8-3-13-22/h4-7,22H,3,8-14H2,1-2H3,(H,18,23). The highest BCUT2D eigenvalue weighted by Crippen LogP contribution is 2.15. The van der Waals surface area contributed by atoms with Crippen LogP contribution in [-0.4, -0.2) is 80.8 Å². The van der Waals surface area contributed by atoms with Gasteiger partial charge in [0, 0.05) is 64.8 Å². The van der Waals surface area contributed by atoms with Gasteiger partial charge in [-0.3, -0.25) is 9.69 Å². The summed E-state index contributed by atoms with van der Waals surface area (Å²) in [7, 11) is 3.99. The lowest BCUT2D eigenvalue weighted by molar-refractivity contribution is -0.117. The molecular weight excluding hydrogens is 292 g/mol. The summed E-state index contributed by atoms with van der Waals surface area (Å²) in [6.45, 7) is 5.35. The van der Waals surface area contributed by atoms with E-state index in [1.807, 2.05) is 43.3 Å². The molecule has 128 valence electrons. The van der Waals surface area contributed by atoms with Crippen LogP contribution in [0.3, 0.4) is 0 Å². The number of hydrogen-bond acceptors (Lipinski definition) is 5. The average molecular weight is 320 g/mol. The van der Waals surface area contributed by atoms with Crippen molar-refractivity contribution in [2.75, 3.05) is 70.2 Å². The third kappa shape index (κ3) is 5.82. The van der Waals surface area contributed by atoms with E-state index in [0.717, 1.165) is 50.5 Å². The molecule has 6 heteroatoms. The van der Waals surface area contributed by atoms with Crippen molar-refractivity contribution >= 4 is 17.3 Å². The number of amides is 1. The Balaban J connectivity index is 1.73. The number of nitrogens with zero attached hydrogens (tertiary/aromatic N) is 3. The van der Waals surface area contributed by atoms with Crippen LogP contribution in [0.15, 0.2) is 24.3 Å². The van der Waals surface area contributed by atoms with Gasteiger partial charge in [-0.15, -0.1) is 0 Å². The minimum absolute atomic E-state index is 0.0337. The maximum Gasteiger partial charge on any atom is 0.238 e. The second-order valence-electron chi connectivity index (χ2n) is 6.18. The number of anilines is 2. The molecular formula is C17H28N4O2. The van der Waals surface area contributed by atoms with E-state index in [2.05, 4.69) is 15.1 Å². The van der Waals surface area contributed by atoms with E-state index in [1.54, 1.807) is 0 Å². The fourth-order valence-electron chi connectivity index (χ4n) is 2.71. The zero-order valence-electron chi connectivity index (χ0n) is 14.2. The molecule has 0 unspecified atom stereocenters. The zero-order chi connectivity index (χ0) is 16.7. The molecule has 1 saturated heterocycles. The Morgan fingerprint density at radius 2 is 1.74 bits per heavy atom. The maximum atomic E-state index is 12.1. The summed E-state index contributed by atoms with van der Waals surface area (Å²) in [5.74, 6) is 0.0337. The first-order valence-corrected chi connectivity index (χ1v) is 8.21. The van der Waals surface area contributed by atoms with Gasteiger partial charge in [0.1, 0.15) is 0 Å². The number of piperazine rings is 1. The van der Waals surface area contributed by atoms with Crippen molar-refractivity contribution in [3.63, 3.8) is 0 Å². The molecule has 2 N–H and O–H groups in total. The van der Waals surface area contributed by atoms with E-state index in [9.17, 15) is 4.79 Å². The predicted molar refractivity (Wildman–Crippen MR) is 94.0 cm³/mol. The van der Waals surface area contributed by atoms with E-state index < -0.39 is 0 Å². The van der Waals surface area contributed by atoms with Gasteiger partial charge in [-0.2, -0.15) is 0 Å². The number of carbonyl (C=O) groups excluding carboxylic acids is 1. The Morgan fingerprint density at radius 1 is 1.13 bits per heavy atom. The third-order valence-corrected chi connectivity index (χ3v) is 4.13. The predicted octanol–water partition coefficient (Wildman–Crippen LogP) is 0.691. The Labute approximate surface area is 138 Å². The molecule has 0 aliphatic carbocycles. The van der Waals surface area contributed by atoms with Gasteiger partial charge < -0.3 is 20.2 Å². The van der Waals surface area contributed by atoms with Gasteiger partial charge in [0.2, 0.25) is 5.91 Å². The summed E-state index contributed by atoms with van der Waals surface area (Å²) in [5, 5.41) is 11.8. The van der Waals surface area contributed by atoms with E-state index in [-0.39, 0.29) is 12.5 Å². The lowest BCUT2D eigenvalue weighted by Gasteiger charge is -2.34. The fourth-order valence-corrected chi connectivity index (χ4v) is 2.71. The van der Waals surface area contributed by atoms with Gasteiger partial charge in [-0.1, -0.05) is 0 Å². The van der Waals surface area contributed by atoms with Gasteiger partial charge in [-0.25, -0.2) is 0 Å². The largest absolute Gasteiger partial charge is 0.396 e. The van der Waals surface area contributed by atoms with Crippen molar-refractivity contribution in [2.45, 2.75) is 6.42 Å². The number of aliphatic hydroxyl groups is 1. The van der Waals surface area contributed by atoms with Crippen LogP contribution < -0.4 is 10.2 Å². The number of nitrogens with one attached hydrogen (secondary N) is 1. The lowest BCUT2D eigenvalue weighted by atomic mass is 10.2. The van der Waals surface area contributed by atoms with Crippen LogP contribution in [0, 0.1) is 0 Å². The van der Waals surface area contributed by atoms with Crippen molar-refractivity contribution in [1.82, 2.24) is 9.80 Å². The number of rotatable bonds is 7. The Hall–Kier alpha value is -1.63. The molecule has 0 spiro atoms. The molecule has 1 amide bonds. The molecule has 6 nitrogen and oxygen atoms in total. The van der Waals surface area contributed by atoms with Crippen LogP contribution in [0.1, 0.15) is 6.42 Å². The second kappa shape index (κ2) is 8.86. The average Bonchev–Trinajstić information content (AvgIpc) is 2.54. The first-order valence-electron chi connectivity index (χ1n) is 8.21. The van der Waals surface area contributed by atoms with Gasteiger partial charge in [0.25, 0.3) is 0 Å². The van der Waals surface area contributed by atoms with Gasteiger partial charge in [0.05, 0.1) is 6.54 Å². The Morgan fingerprint density at radius 3 is 2.30 bits per heavy atom. The SMILES string of the molecule is CN(C)c1ccc(NC(=O)CN2CCN(CCCO)CC2)cc1. The summed E-state index contributed by atoms with van der Waals surface area (Å²) >= 11 is 0. The summed E-state index contributed by atoms with van der Waals surface area (Å²) in [6.07, 6.45) is 0.823. The van der Waals surface area contributed by atoms with Gasteiger partial charge >= 0.3 is 0 Å². The first-order chi connectivity index (χ1) is 11.1. The highest BCUT2D eigenvalue weighted by atomic mass is 16.3.